The maximum atomic E-state index is 5.94. The first-order chi connectivity index (χ1) is 5.70. The van der Waals surface area contributed by atoms with Crippen molar-refractivity contribution in [3.05, 3.63) is 0 Å². The van der Waals surface area contributed by atoms with Crippen LogP contribution >= 0.6 is 0 Å². The molecule has 0 bridgehead atoms. The third-order valence-electron chi connectivity index (χ3n) is 2.70. The van der Waals surface area contributed by atoms with E-state index in [0.717, 1.165) is 19.4 Å². The highest BCUT2D eigenvalue weighted by Gasteiger charge is 2.17. The molecule has 0 aromatic carbocycles. The quantitative estimate of drug-likeness (QED) is 0.701. The molecule has 2 heteroatoms. The Bertz CT molecular complexity index is 117. The Morgan fingerprint density at radius 1 is 1.50 bits per heavy atom. The van der Waals surface area contributed by atoms with Gasteiger partial charge in [-0.2, -0.15) is 0 Å². The third kappa shape index (κ3) is 3.11. The van der Waals surface area contributed by atoms with Crippen molar-refractivity contribution >= 4 is 0 Å². The van der Waals surface area contributed by atoms with Gasteiger partial charge >= 0.3 is 0 Å². The first kappa shape index (κ1) is 10.0. The molecule has 0 aromatic rings. The Kier molecular flexibility index (Phi) is 4.02. The summed E-state index contributed by atoms with van der Waals surface area (Å²) in [5, 5.41) is 0. The van der Waals surface area contributed by atoms with Crippen LogP contribution in [-0.2, 0) is 4.74 Å². The van der Waals surface area contributed by atoms with E-state index in [0.29, 0.717) is 18.1 Å². The number of hydrogen-bond acceptors (Lipinski definition) is 2. The Balaban J connectivity index is 2.07. The van der Waals surface area contributed by atoms with Crippen LogP contribution in [0.5, 0.6) is 0 Å². The Labute approximate surface area is 75.5 Å². The average Bonchev–Trinajstić information content (AvgIpc) is 2.51. The van der Waals surface area contributed by atoms with Crippen LogP contribution in [0, 0.1) is 5.92 Å². The lowest BCUT2D eigenvalue weighted by atomic mass is 9.98. The van der Waals surface area contributed by atoms with Crippen LogP contribution in [-0.4, -0.2) is 18.8 Å². The van der Waals surface area contributed by atoms with Crippen molar-refractivity contribution in [2.75, 3.05) is 6.61 Å². The van der Waals surface area contributed by atoms with E-state index in [9.17, 15) is 0 Å². The van der Waals surface area contributed by atoms with Crippen LogP contribution in [0.4, 0.5) is 0 Å². The van der Waals surface area contributed by atoms with Gasteiger partial charge in [0.15, 0.2) is 0 Å². The minimum absolute atomic E-state index is 0.356. The molecule has 0 aromatic heterocycles. The number of ether oxygens (including phenoxy) is 1. The summed E-state index contributed by atoms with van der Waals surface area (Å²) in [6.07, 6.45) is 5.25. The molecule has 2 atom stereocenters. The summed E-state index contributed by atoms with van der Waals surface area (Å²) < 4.78 is 5.53. The van der Waals surface area contributed by atoms with E-state index >= 15 is 0 Å². The predicted octanol–water partition coefficient (Wildman–Crippen LogP) is 1.93. The molecule has 0 spiro atoms. The highest BCUT2D eigenvalue weighted by Crippen LogP contribution is 2.18. The summed E-state index contributed by atoms with van der Waals surface area (Å²) in [5.74, 6) is 0.603. The van der Waals surface area contributed by atoms with Gasteiger partial charge in [0.05, 0.1) is 6.10 Å². The fourth-order valence-electron chi connectivity index (χ4n) is 1.58. The summed E-state index contributed by atoms with van der Waals surface area (Å²) in [5.41, 5.74) is 5.94. The summed E-state index contributed by atoms with van der Waals surface area (Å²) in [7, 11) is 0. The van der Waals surface area contributed by atoms with Gasteiger partial charge in [-0.05, 0) is 31.6 Å². The second kappa shape index (κ2) is 4.83. The average molecular weight is 171 g/mol. The zero-order valence-corrected chi connectivity index (χ0v) is 8.25. The van der Waals surface area contributed by atoms with E-state index < -0.39 is 0 Å². The van der Waals surface area contributed by atoms with Crippen LogP contribution in [0.3, 0.4) is 0 Å². The molecule has 0 radical (unpaired) electrons. The molecular formula is C10H21NO. The van der Waals surface area contributed by atoms with Crippen LogP contribution in [0.2, 0.25) is 0 Å². The Morgan fingerprint density at radius 3 is 2.75 bits per heavy atom. The molecule has 0 aliphatic carbocycles. The number of hydrogen-bond donors (Lipinski definition) is 1. The smallest absolute Gasteiger partial charge is 0.0576 e. The van der Waals surface area contributed by atoms with Gasteiger partial charge in [-0.25, -0.2) is 0 Å². The molecule has 1 fully saturated rings. The minimum Gasteiger partial charge on any atom is -0.378 e. The second-order valence-corrected chi connectivity index (χ2v) is 4.12. The maximum Gasteiger partial charge on any atom is 0.0576 e. The van der Waals surface area contributed by atoms with E-state index in [4.69, 9.17) is 10.5 Å². The van der Waals surface area contributed by atoms with E-state index in [2.05, 4.69) is 13.8 Å². The van der Waals surface area contributed by atoms with Crippen molar-refractivity contribution in [1.82, 2.24) is 0 Å². The molecular weight excluding hydrogens is 150 g/mol. The zero-order chi connectivity index (χ0) is 8.97. The first-order valence-electron chi connectivity index (χ1n) is 5.07. The third-order valence-corrected chi connectivity index (χ3v) is 2.70. The van der Waals surface area contributed by atoms with Crippen molar-refractivity contribution < 1.29 is 4.74 Å². The molecule has 1 aliphatic rings. The molecule has 1 heterocycles. The number of nitrogens with two attached hydrogens (primary N) is 1. The molecule has 0 amide bonds. The van der Waals surface area contributed by atoms with Gasteiger partial charge in [-0.1, -0.05) is 13.8 Å². The van der Waals surface area contributed by atoms with Crippen molar-refractivity contribution in [3.63, 3.8) is 0 Å². The lowest BCUT2D eigenvalue weighted by molar-refractivity contribution is 0.0994. The van der Waals surface area contributed by atoms with Gasteiger partial charge in [0.1, 0.15) is 0 Å². The molecule has 0 saturated carbocycles. The summed E-state index contributed by atoms with van der Waals surface area (Å²) in [6, 6.07) is 0.356. The van der Waals surface area contributed by atoms with Crippen molar-refractivity contribution in [2.45, 2.75) is 51.7 Å². The molecule has 2 unspecified atom stereocenters. The maximum absolute atomic E-state index is 5.94. The van der Waals surface area contributed by atoms with Gasteiger partial charge in [0.2, 0.25) is 0 Å². The van der Waals surface area contributed by atoms with Gasteiger partial charge in [-0.15, -0.1) is 0 Å². The molecule has 12 heavy (non-hydrogen) atoms. The summed E-state index contributed by atoms with van der Waals surface area (Å²) in [4.78, 5) is 0. The van der Waals surface area contributed by atoms with E-state index in [1.807, 2.05) is 0 Å². The van der Waals surface area contributed by atoms with Crippen molar-refractivity contribution in [2.24, 2.45) is 11.7 Å². The van der Waals surface area contributed by atoms with Crippen LogP contribution in [0.25, 0.3) is 0 Å². The summed E-state index contributed by atoms with van der Waals surface area (Å²) >= 11 is 0. The minimum atomic E-state index is 0.356. The van der Waals surface area contributed by atoms with E-state index in [1.165, 1.54) is 12.8 Å². The van der Waals surface area contributed by atoms with Gasteiger partial charge in [0.25, 0.3) is 0 Å². The fourth-order valence-corrected chi connectivity index (χ4v) is 1.58. The zero-order valence-electron chi connectivity index (χ0n) is 8.25. The molecule has 1 aliphatic heterocycles. The Hall–Kier alpha value is -0.0800. The normalized spacial score (nSPS) is 26.5. The van der Waals surface area contributed by atoms with Gasteiger partial charge in [-0.3, -0.25) is 0 Å². The largest absolute Gasteiger partial charge is 0.378 e. The lowest BCUT2D eigenvalue weighted by Crippen LogP contribution is -2.27. The predicted molar refractivity (Wildman–Crippen MR) is 51.0 cm³/mol. The molecule has 2 nitrogen and oxygen atoms in total. The summed E-state index contributed by atoms with van der Waals surface area (Å²) in [6.45, 7) is 5.32. The molecule has 72 valence electrons. The highest BCUT2D eigenvalue weighted by atomic mass is 16.5. The fraction of sp³-hybridized carbons (Fsp3) is 1.00. The topological polar surface area (TPSA) is 35.2 Å². The van der Waals surface area contributed by atoms with E-state index in [-0.39, 0.29) is 0 Å². The van der Waals surface area contributed by atoms with Crippen LogP contribution in [0.1, 0.15) is 39.5 Å². The monoisotopic (exact) mass is 171 g/mol. The van der Waals surface area contributed by atoms with E-state index in [1.54, 1.807) is 0 Å². The molecule has 2 N–H and O–H groups in total. The first-order valence-corrected chi connectivity index (χ1v) is 5.07. The van der Waals surface area contributed by atoms with Gasteiger partial charge < -0.3 is 10.5 Å². The molecule has 1 saturated heterocycles. The SMILES string of the molecule is CC(C)C(N)CCC1CCCO1. The lowest BCUT2D eigenvalue weighted by Gasteiger charge is -2.17. The highest BCUT2D eigenvalue weighted by molar-refractivity contribution is 4.71. The standard InChI is InChI=1S/C10H21NO/c1-8(2)10(11)6-5-9-4-3-7-12-9/h8-10H,3-7,11H2,1-2H3. The Morgan fingerprint density at radius 2 is 2.25 bits per heavy atom. The van der Waals surface area contributed by atoms with Crippen molar-refractivity contribution in [1.29, 1.82) is 0 Å². The molecule has 1 rings (SSSR count). The van der Waals surface area contributed by atoms with Crippen LogP contribution in [0.15, 0.2) is 0 Å². The number of rotatable bonds is 4. The van der Waals surface area contributed by atoms with Crippen LogP contribution < -0.4 is 5.73 Å². The van der Waals surface area contributed by atoms with Gasteiger partial charge in [0, 0.05) is 12.6 Å². The van der Waals surface area contributed by atoms with Crippen molar-refractivity contribution in [3.8, 4) is 0 Å². The second-order valence-electron chi connectivity index (χ2n) is 4.12.